The van der Waals surface area contributed by atoms with Crippen LogP contribution in [0.2, 0.25) is 0 Å². The topological polar surface area (TPSA) is 40.6 Å². The molecule has 0 fully saturated rings. The number of hydrogen-bond donors (Lipinski definition) is 0. The number of thiophene rings is 1. The van der Waals surface area contributed by atoms with Crippen LogP contribution in [0, 0.1) is 13.8 Å². The molecular weight excluding hydrogens is 416 g/mol. The van der Waals surface area contributed by atoms with Gasteiger partial charge in [0.15, 0.2) is 0 Å². The molecule has 2 heterocycles. The number of amides is 2. The Balaban J connectivity index is 1.64. The number of benzene rings is 2. The van der Waals surface area contributed by atoms with E-state index < -0.39 is 0 Å². The van der Waals surface area contributed by atoms with Crippen molar-refractivity contribution in [2.24, 2.45) is 0 Å². The molecule has 4 rings (SSSR count). The van der Waals surface area contributed by atoms with Gasteiger partial charge in [0.05, 0.1) is 6.04 Å². The summed E-state index contributed by atoms with van der Waals surface area (Å²) in [6, 6.07) is 17.9. The Morgan fingerprint density at radius 3 is 2.44 bits per heavy atom. The van der Waals surface area contributed by atoms with Crippen LogP contribution in [0.25, 0.3) is 0 Å². The van der Waals surface area contributed by atoms with Crippen molar-refractivity contribution in [1.82, 2.24) is 9.80 Å². The Kier molecular flexibility index (Phi) is 6.75. The number of carbonyl (C=O) groups is 2. The van der Waals surface area contributed by atoms with Crippen LogP contribution in [0.15, 0.2) is 60.0 Å². The molecule has 1 unspecified atom stereocenters. The normalized spacial score (nSPS) is 15.3. The smallest absolute Gasteiger partial charge is 0.254 e. The van der Waals surface area contributed by atoms with E-state index in [1.807, 2.05) is 55.1 Å². The van der Waals surface area contributed by atoms with E-state index in [-0.39, 0.29) is 24.4 Å². The highest BCUT2D eigenvalue weighted by Gasteiger charge is 2.34. The predicted molar refractivity (Wildman–Crippen MR) is 130 cm³/mol. The minimum atomic E-state index is -0.101. The van der Waals surface area contributed by atoms with Gasteiger partial charge in [0.2, 0.25) is 5.91 Å². The first-order valence-electron chi connectivity index (χ1n) is 11.3. The Morgan fingerprint density at radius 1 is 1.00 bits per heavy atom. The zero-order valence-corrected chi connectivity index (χ0v) is 19.8. The quantitative estimate of drug-likeness (QED) is 0.509. The molecule has 3 aromatic rings. The van der Waals surface area contributed by atoms with Gasteiger partial charge in [-0.2, -0.15) is 0 Å². The van der Waals surface area contributed by atoms with E-state index in [0.717, 1.165) is 24.0 Å². The van der Waals surface area contributed by atoms with Crippen LogP contribution in [0.5, 0.6) is 0 Å². The van der Waals surface area contributed by atoms with Gasteiger partial charge >= 0.3 is 0 Å². The van der Waals surface area contributed by atoms with Gasteiger partial charge in [0.25, 0.3) is 5.91 Å². The Bertz CT molecular complexity index is 1120. The van der Waals surface area contributed by atoms with Crippen molar-refractivity contribution in [2.75, 3.05) is 19.6 Å². The molecule has 2 aromatic carbocycles. The largest absolute Gasteiger partial charge is 0.330 e. The molecule has 0 bridgehead atoms. The molecule has 2 amide bonds. The van der Waals surface area contributed by atoms with Crippen molar-refractivity contribution < 1.29 is 9.59 Å². The minimum absolute atomic E-state index is 0.00508. The van der Waals surface area contributed by atoms with Crippen LogP contribution in [0.1, 0.15) is 56.9 Å². The molecule has 1 aliphatic rings. The molecular formula is C27H30N2O2S. The van der Waals surface area contributed by atoms with Crippen LogP contribution < -0.4 is 0 Å². The highest BCUT2D eigenvalue weighted by atomic mass is 32.1. The van der Waals surface area contributed by atoms with Gasteiger partial charge < -0.3 is 9.80 Å². The molecule has 166 valence electrons. The fourth-order valence-corrected chi connectivity index (χ4v) is 5.48. The summed E-state index contributed by atoms with van der Waals surface area (Å²) in [6.07, 6.45) is 1.67. The Labute approximate surface area is 194 Å². The van der Waals surface area contributed by atoms with Gasteiger partial charge in [0, 0.05) is 23.5 Å². The third-order valence-electron chi connectivity index (χ3n) is 6.25. The lowest BCUT2D eigenvalue weighted by atomic mass is 9.90. The maximum absolute atomic E-state index is 13.7. The molecule has 32 heavy (non-hydrogen) atoms. The number of carbonyl (C=O) groups excluding carboxylic acids is 2. The zero-order valence-electron chi connectivity index (χ0n) is 19.0. The van der Waals surface area contributed by atoms with Crippen LogP contribution >= 0.6 is 11.3 Å². The number of aryl methyl sites for hydroxylation is 2. The zero-order chi connectivity index (χ0) is 22.7. The molecule has 0 N–H and O–H groups in total. The predicted octanol–water partition coefficient (Wildman–Crippen LogP) is 5.39. The Morgan fingerprint density at radius 2 is 1.72 bits per heavy atom. The summed E-state index contributed by atoms with van der Waals surface area (Å²) in [7, 11) is 0. The first kappa shape index (κ1) is 22.3. The highest BCUT2D eigenvalue weighted by molar-refractivity contribution is 7.10. The lowest BCUT2D eigenvalue weighted by molar-refractivity contribution is -0.134. The number of fused-ring (bicyclic) bond motifs is 1. The molecule has 5 heteroatoms. The fourth-order valence-electron chi connectivity index (χ4n) is 4.57. The second-order valence-electron chi connectivity index (χ2n) is 8.44. The van der Waals surface area contributed by atoms with Gasteiger partial charge in [0.1, 0.15) is 6.54 Å². The molecule has 1 aliphatic heterocycles. The van der Waals surface area contributed by atoms with Crippen molar-refractivity contribution in [3.05, 3.63) is 92.7 Å². The average Bonchev–Trinajstić information content (AvgIpc) is 3.27. The van der Waals surface area contributed by atoms with E-state index in [9.17, 15) is 9.59 Å². The summed E-state index contributed by atoms with van der Waals surface area (Å²) >= 11 is 1.77. The average molecular weight is 447 g/mol. The molecule has 0 radical (unpaired) electrons. The number of nitrogens with zero attached hydrogens (tertiary/aromatic N) is 2. The van der Waals surface area contributed by atoms with Crippen LogP contribution in [-0.4, -0.2) is 41.2 Å². The molecule has 0 saturated heterocycles. The SMILES string of the molecule is CCCN(CC(=O)N1CCc2sccc2C1c1ccccc1C)C(=O)c1ccccc1C. The van der Waals surface area contributed by atoms with Crippen LogP contribution in [-0.2, 0) is 11.2 Å². The Hall–Kier alpha value is -2.92. The first-order chi connectivity index (χ1) is 15.5. The lowest BCUT2D eigenvalue weighted by Gasteiger charge is -2.38. The molecule has 1 atom stereocenters. The van der Waals surface area contributed by atoms with Crippen molar-refractivity contribution >= 4 is 23.2 Å². The van der Waals surface area contributed by atoms with Gasteiger partial charge in [-0.05, 0) is 66.5 Å². The van der Waals surface area contributed by atoms with E-state index in [0.29, 0.717) is 18.7 Å². The van der Waals surface area contributed by atoms with E-state index in [2.05, 4.69) is 30.5 Å². The summed E-state index contributed by atoms with van der Waals surface area (Å²) in [5.74, 6) is -0.0653. The summed E-state index contributed by atoms with van der Waals surface area (Å²) < 4.78 is 0. The van der Waals surface area contributed by atoms with E-state index in [1.54, 1.807) is 16.2 Å². The number of rotatable bonds is 6. The van der Waals surface area contributed by atoms with Gasteiger partial charge in [-0.3, -0.25) is 9.59 Å². The minimum Gasteiger partial charge on any atom is -0.330 e. The van der Waals surface area contributed by atoms with Gasteiger partial charge in [-0.1, -0.05) is 49.4 Å². The third-order valence-corrected chi connectivity index (χ3v) is 7.25. The second-order valence-corrected chi connectivity index (χ2v) is 9.44. The standard InChI is InChI=1S/C27H30N2O2S/c1-4-15-28(27(31)22-12-8-6-10-20(22)3)18-25(30)29-16-13-24-23(14-17-32-24)26(29)21-11-7-5-9-19(21)2/h5-12,14,17,26H,4,13,15-16,18H2,1-3H3. The first-order valence-corrected chi connectivity index (χ1v) is 12.2. The molecule has 0 aliphatic carbocycles. The molecule has 1 aromatic heterocycles. The van der Waals surface area contributed by atoms with Crippen LogP contribution in [0.3, 0.4) is 0 Å². The van der Waals surface area contributed by atoms with Gasteiger partial charge in [-0.15, -0.1) is 11.3 Å². The maximum atomic E-state index is 13.7. The number of hydrogen-bond acceptors (Lipinski definition) is 3. The molecule has 4 nitrogen and oxygen atoms in total. The summed E-state index contributed by atoms with van der Waals surface area (Å²) in [5, 5.41) is 2.12. The lowest BCUT2D eigenvalue weighted by Crippen LogP contribution is -2.47. The van der Waals surface area contributed by atoms with E-state index >= 15 is 0 Å². The van der Waals surface area contributed by atoms with E-state index in [1.165, 1.54) is 16.0 Å². The third kappa shape index (κ3) is 4.35. The van der Waals surface area contributed by atoms with Crippen molar-refractivity contribution in [1.29, 1.82) is 0 Å². The highest BCUT2D eigenvalue weighted by Crippen LogP contribution is 2.39. The second kappa shape index (κ2) is 9.70. The maximum Gasteiger partial charge on any atom is 0.254 e. The van der Waals surface area contributed by atoms with Crippen molar-refractivity contribution in [3.8, 4) is 0 Å². The fraction of sp³-hybridized carbons (Fsp3) is 0.333. The summed E-state index contributed by atoms with van der Waals surface area (Å²) in [5.41, 5.74) is 5.16. The monoisotopic (exact) mass is 446 g/mol. The summed E-state index contributed by atoms with van der Waals surface area (Å²) in [4.78, 5) is 32.0. The van der Waals surface area contributed by atoms with Gasteiger partial charge in [-0.25, -0.2) is 0 Å². The molecule has 0 saturated carbocycles. The molecule has 0 spiro atoms. The van der Waals surface area contributed by atoms with Crippen molar-refractivity contribution in [3.63, 3.8) is 0 Å². The van der Waals surface area contributed by atoms with E-state index in [4.69, 9.17) is 0 Å². The summed E-state index contributed by atoms with van der Waals surface area (Å²) in [6.45, 7) is 7.41. The van der Waals surface area contributed by atoms with Crippen LogP contribution in [0.4, 0.5) is 0 Å². The van der Waals surface area contributed by atoms with Crippen molar-refractivity contribution in [2.45, 2.75) is 39.7 Å².